The van der Waals surface area contributed by atoms with Crippen LogP contribution in [-0.4, -0.2) is 51.6 Å². The first kappa shape index (κ1) is 9.73. The largest absolute Gasteiger partial charge is 0.465 e. The Morgan fingerprint density at radius 1 is 1.14 bits per heavy atom. The molecule has 5 nitrogen and oxygen atoms in total. The first-order valence-electron chi connectivity index (χ1n) is 4.93. The second kappa shape index (κ2) is 3.40. The van der Waals surface area contributed by atoms with E-state index in [1.54, 1.807) is 0 Å². The molecule has 80 valence electrons. The van der Waals surface area contributed by atoms with E-state index in [-0.39, 0.29) is 37.1 Å². The van der Waals surface area contributed by atoms with Gasteiger partial charge in [0.05, 0.1) is 0 Å². The molecule has 14 heavy (non-hydrogen) atoms. The summed E-state index contributed by atoms with van der Waals surface area (Å²) in [6.45, 7) is -0.0631. The maximum Gasteiger partial charge on any atom is 0.407 e. The van der Waals surface area contributed by atoms with Crippen molar-refractivity contribution in [3.63, 3.8) is 0 Å². The summed E-state index contributed by atoms with van der Waals surface area (Å²) in [4.78, 5) is 12.4. The monoisotopic (exact) mass is 201 g/mol. The molecule has 0 spiro atoms. The van der Waals surface area contributed by atoms with Crippen LogP contribution in [0.1, 0.15) is 12.8 Å². The summed E-state index contributed by atoms with van der Waals surface area (Å²) >= 11 is 0. The highest BCUT2D eigenvalue weighted by Gasteiger charge is 2.54. The summed E-state index contributed by atoms with van der Waals surface area (Å²) in [6, 6.07) is -0.167. The summed E-state index contributed by atoms with van der Waals surface area (Å²) in [7, 11) is 0. The number of nitrogens with zero attached hydrogens (tertiary/aromatic N) is 1. The summed E-state index contributed by atoms with van der Waals surface area (Å²) in [5, 5.41) is 27.3. The van der Waals surface area contributed by atoms with Gasteiger partial charge in [0.15, 0.2) is 0 Å². The topological polar surface area (TPSA) is 81.0 Å². The molecule has 5 heteroatoms. The van der Waals surface area contributed by atoms with Crippen LogP contribution in [0.25, 0.3) is 0 Å². The Morgan fingerprint density at radius 3 is 1.86 bits per heavy atom. The lowest BCUT2D eigenvalue weighted by molar-refractivity contribution is 0.109. The molecule has 0 aromatic heterocycles. The molecule has 2 aliphatic heterocycles. The maximum atomic E-state index is 10.9. The molecule has 0 aromatic carbocycles. The van der Waals surface area contributed by atoms with Crippen molar-refractivity contribution in [2.45, 2.75) is 24.9 Å². The molecule has 2 saturated heterocycles. The first-order chi connectivity index (χ1) is 6.70. The Bertz CT molecular complexity index is 227. The highest BCUT2D eigenvalue weighted by atomic mass is 16.4. The van der Waals surface area contributed by atoms with Gasteiger partial charge in [-0.25, -0.2) is 4.79 Å². The summed E-state index contributed by atoms with van der Waals surface area (Å²) in [5.74, 6) is -0.148. The van der Waals surface area contributed by atoms with E-state index < -0.39 is 6.09 Å². The summed E-state index contributed by atoms with van der Waals surface area (Å²) < 4.78 is 0. The van der Waals surface area contributed by atoms with E-state index in [2.05, 4.69) is 0 Å². The Kier molecular flexibility index (Phi) is 2.36. The molecule has 2 unspecified atom stereocenters. The molecular formula is C9H15NO4. The average Bonchev–Trinajstić information content (AvgIpc) is 2.70. The maximum absolute atomic E-state index is 10.9. The van der Waals surface area contributed by atoms with Crippen LogP contribution >= 0.6 is 0 Å². The fourth-order valence-corrected chi connectivity index (χ4v) is 3.07. The van der Waals surface area contributed by atoms with Crippen LogP contribution in [0.4, 0.5) is 4.79 Å². The van der Waals surface area contributed by atoms with Crippen molar-refractivity contribution in [1.82, 2.24) is 4.90 Å². The predicted octanol–water partition coefficient (Wildman–Crippen LogP) is -0.272. The molecular weight excluding hydrogens is 186 g/mol. The van der Waals surface area contributed by atoms with Gasteiger partial charge in [0, 0.05) is 37.1 Å². The molecule has 3 N–H and O–H groups in total. The van der Waals surface area contributed by atoms with Crippen molar-refractivity contribution in [3.8, 4) is 0 Å². The Labute approximate surface area is 82.0 Å². The summed E-state index contributed by atoms with van der Waals surface area (Å²) in [5.41, 5.74) is 0. The molecule has 2 bridgehead atoms. The minimum atomic E-state index is -0.924. The van der Waals surface area contributed by atoms with E-state index in [1.165, 1.54) is 4.90 Å². The standard InChI is InChI=1S/C9H15NO4/c11-3-5-6(4-12)8-2-1-7(5)10(8)9(13)14/h5-8,11-12H,1-4H2,(H,13,14)/t5-,6+,7?,8?. The van der Waals surface area contributed by atoms with Gasteiger partial charge in [0.25, 0.3) is 0 Å². The van der Waals surface area contributed by atoms with Gasteiger partial charge in [0.2, 0.25) is 0 Å². The Hall–Kier alpha value is -0.810. The van der Waals surface area contributed by atoms with Crippen molar-refractivity contribution >= 4 is 6.09 Å². The second-order valence-electron chi connectivity index (χ2n) is 4.09. The van der Waals surface area contributed by atoms with Crippen LogP contribution in [0.3, 0.4) is 0 Å². The van der Waals surface area contributed by atoms with Crippen molar-refractivity contribution < 1.29 is 20.1 Å². The van der Waals surface area contributed by atoms with E-state index in [0.717, 1.165) is 12.8 Å². The lowest BCUT2D eigenvalue weighted by atomic mass is 9.80. The number of hydrogen-bond acceptors (Lipinski definition) is 3. The van der Waals surface area contributed by atoms with Gasteiger partial charge in [-0.05, 0) is 12.8 Å². The van der Waals surface area contributed by atoms with E-state index >= 15 is 0 Å². The van der Waals surface area contributed by atoms with Crippen molar-refractivity contribution in [1.29, 1.82) is 0 Å². The third-order valence-corrected chi connectivity index (χ3v) is 3.65. The number of hydrogen-bond donors (Lipinski definition) is 3. The van der Waals surface area contributed by atoms with Gasteiger partial charge < -0.3 is 20.2 Å². The van der Waals surface area contributed by atoms with Crippen LogP contribution in [0, 0.1) is 11.8 Å². The fraction of sp³-hybridized carbons (Fsp3) is 0.889. The number of carbonyl (C=O) groups is 1. The van der Waals surface area contributed by atoms with E-state index in [9.17, 15) is 4.79 Å². The molecule has 0 aliphatic carbocycles. The molecule has 2 heterocycles. The number of rotatable bonds is 2. The quantitative estimate of drug-likeness (QED) is 0.574. The molecule has 2 rings (SSSR count). The van der Waals surface area contributed by atoms with Crippen molar-refractivity contribution in [2.75, 3.05) is 13.2 Å². The fourth-order valence-electron chi connectivity index (χ4n) is 3.07. The number of fused-ring (bicyclic) bond motifs is 2. The molecule has 0 saturated carbocycles. The predicted molar refractivity (Wildman–Crippen MR) is 47.8 cm³/mol. The van der Waals surface area contributed by atoms with Gasteiger partial charge in [0.1, 0.15) is 0 Å². The number of aliphatic hydroxyl groups excluding tert-OH is 2. The summed E-state index contributed by atoms with van der Waals surface area (Å²) in [6.07, 6.45) is 0.712. The molecule has 4 atom stereocenters. The number of aliphatic hydroxyl groups is 2. The van der Waals surface area contributed by atoms with E-state index in [4.69, 9.17) is 15.3 Å². The lowest BCUT2D eigenvalue weighted by Crippen LogP contribution is -2.35. The normalized spacial score (nSPS) is 40.6. The van der Waals surface area contributed by atoms with Gasteiger partial charge in [-0.2, -0.15) is 0 Å². The van der Waals surface area contributed by atoms with Gasteiger partial charge in [-0.15, -0.1) is 0 Å². The van der Waals surface area contributed by atoms with Crippen LogP contribution in [-0.2, 0) is 0 Å². The Balaban J connectivity index is 2.22. The smallest absolute Gasteiger partial charge is 0.407 e. The Morgan fingerprint density at radius 2 is 1.57 bits per heavy atom. The molecule has 0 aromatic rings. The van der Waals surface area contributed by atoms with Crippen LogP contribution in [0.5, 0.6) is 0 Å². The highest BCUT2D eigenvalue weighted by Crippen LogP contribution is 2.45. The van der Waals surface area contributed by atoms with Crippen LogP contribution in [0.15, 0.2) is 0 Å². The van der Waals surface area contributed by atoms with E-state index in [1.807, 2.05) is 0 Å². The van der Waals surface area contributed by atoms with Gasteiger partial charge in [-0.3, -0.25) is 0 Å². The molecule has 2 fully saturated rings. The lowest BCUT2D eigenvalue weighted by Gasteiger charge is -2.24. The highest BCUT2D eigenvalue weighted by molar-refractivity contribution is 5.67. The first-order valence-corrected chi connectivity index (χ1v) is 4.93. The zero-order valence-electron chi connectivity index (χ0n) is 7.83. The van der Waals surface area contributed by atoms with Crippen LogP contribution < -0.4 is 0 Å². The minimum Gasteiger partial charge on any atom is -0.465 e. The van der Waals surface area contributed by atoms with E-state index in [0.29, 0.717) is 0 Å². The zero-order chi connectivity index (χ0) is 10.3. The third-order valence-electron chi connectivity index (χ3n) is 3.65. The molecule has 2 aliphatic rings. The number of carboxylic acid groups (broad SMARTS) is 1. The van der Waals surface area contributed by atoms with Crippen LogP contribution in [0.2, 0.25) is 0 Å². The zero-order valence-corrected chi connectivity index (χ0v) is 7.83. The molecule has 1 amide bonds. The minimum absolute atomic E-state index is 0.0316. The van der Waals surface area contributed by atoms with Gasteiger partial charge >= 0.3 is 6.09 Å². The molecule has 0 radical (unpaired) electrons. The van der Waals surface area contributed by atoms with Crippen molar-refractivity contribution in [3.05, 3.63) is 0 Å². The van der Waals surface area contributed by atoms with Gasteiger partial charge in [-0.1, -0.05) is 0 Å². The number of amides is 1. The third kappa shape index (κ3) is 1.12. The van der Waals surface area contributed by atoms with Crippen molar-refractivity contribution in [2.24, 2.45) is 11.8 Å². The SMILES string of the molecule is O=C(O)N1C2CCC1[C@H](CO)[C@@H]2CO. The average molecular weight is 201 g/mol. The second-order valence-corrected chi connectivity index (χ2v) is 4.09.